The van der Waals surface area contributed by atoms with E-state index in [1.54, 1.807) is 36.4 Å². The molecular weight excluding hydrogens is 288 g/mol. The maximum absolute atomic E-state index is 11.9. The van der Waals surface area contributed by atoms with Crippen LogP contribution in [0.15, 0.2) is 47.6 Å². The van der Waals surface area contributed by atoms with E-state index >= 15 is 0 Å². The SMILES string of the molecule is Cc1ccc(C(=O)O/N=C(/N)c2ccccc2Cl)cc1C. The lowest BCUT2D eigenvalue weighted by Crippen LogP contribution is -2.15. The van der Waals surface area contributed by atoms with E-state index in [1.165, 1.54) is 0 Å². The van der Waals surface area contributed by atoms with Gasteiger partial charge in [-0.15, -0.1) is 0 Å². The number of hydrogen-bond donors (Lipinski definition) is 1. The Morgan fingerprint density at radius 1 is 1.14 bits per heavy atom. The molecule has 0 bridgehead atoms. The largest absolute Gasteiger partial charge is 0.380 e. The molecule has 0 unspecified atom stereocenters. The molecular formula is C16H15ClN2O2. The van der Waals surface area contributed by atoms with Gasteiger partial charge < -0.3 is 10.6 Å². The van der Waals surface area contributed by atoms with Gasteiger partial charge in [-0.25, -0.2) is 4.79 Å². The van der Waals surface area contributed by atoms with Gasteiger partial charge in [-0.2, -0.15) is 0 Å². The fourth-order valence-corrected chi connectivity index (χ4v) is 1.96. The van der Waals surface area contributed by atoms with Gasteiger partial charge in [-0.05, 0) is 49.2 Å². The maximum Gasteiger partial charge on any atom is 0.365 e. The third-order valence-electron chi connectivity index (χ3n) is 3.12. The Kier molecular flexibility index (Phi) is 4.60. The average Bonchev–Trinajstić information content (AvgIpc) is 2.47. The summed E-state index contributed by atoms with van der Waals surface area (Å²) < 4.78 is 0. The number of carbonyl (C=O) groups excluding carboxylic acids is 1. The Morgan fingerprint density at radius 2 is 1.86 bits per heavy atom. The van der Waals surface area contributed by atoms with E-state index in [0.29, 0.717) is 16.1 Å². The lowest BCUT2D eigenvalue weighted by molar-refractivity contribution is 0.0516. The van der Waals surface area contributed by atoms with Crippen LogP contribution >= 0.6 is 11.6 Å². The van der Waals surface area contributed by atoms with Crippen LogP contribution < -0.4 is 5.73 Å². The summed E-state index contributed by atoms with van der Waals surface area (Å²) in [7, 11) is 0. The van der Waals surface area contributed by atoms with Crippen molar-refractivity contribution in [2.75, 3.05) is 0 Å². The summed E-state index contributed by atoms with van der Waals surface area (Å²) in [6, 6.07) is 12.2. The number of nitrogens with zero attached hydrogens (tertiary/aromatic N) is 1. The zero-order valence-electron chi connectivity index (χ0n) is 11.8. The predicted octanol–water partition coefficient (Wildman–Crippen LogP) is 3.43. The number of carbonyl (C=O) groups is 1. The van der Waals surface area contributed by atoms with Crippen molar-refractivity contribution in [1.29, 1.82) is 0 Å². The minimum absolute atomic E-state index is 0.0535. The van der Waals surface area contributed by atoms with Crippen molar-refractivity contribution in [2.24, 2.45) is 10.9 Å². The van der Waals surface area contributed by atoms with Gasteiger partial charge in [0.25, 0.3) is 0 Å². The first-order valence-corrected chi connectivity index (χ1v) is 6.74. The second kappa shape index (κ2) is 6.41. The number of halogens is 1. The maximum atomic E-state index is 11.9. The Bertz CT molecular complexity index is 711. The number of hydrogen-bond acceptors (Lipinski definition) is 3. The average molecular weight is 303 g/mol. The molecule has 0 radical (unpaired) electrons. The van der Waals surface area contributed by atoms with Crippen molar-refractivity contribution in [3.63, 3.8) is 0 Å². The minimum Gasteiger partial charge on any atom is -0.380 e. The van der Waals surface area contributed by atoms with Gasteiger partial charge in [0.1, 0.15) is 0 Å². The second-order valence-electron chi connectivity index (χ2n) is 4.63. The zero-order chi connectivity index (χ0) is 15.4. The summed E-state index contributed by atoms with van der Waals surface area (Å²) in [4.78, 5) is 16.8. The molecule has 0 heterocycles. The Labute approximate surface area is 128 Å². The van der Waals surface area contributed by atoms with E-state index in [2.05, 4.69) is 5.16 Å². The quantitative estimate of drug-likeness (QED) is 0.409. The summed E-state index contributed by atoms with van der Waals surface area (Å²) >= 11 is 5.99. The molecule has 0 saturated carbocycles. The van der Waals surface area contributed by atoms with Gasteiger partial charge in [-0.3, -0.25) is 0 Å². The fourth-order valence-electron chi connectivity index (χ4n) is 1.73. The Balaban J connectivity index is 2.14. The Morgan fingerprint density at radius 3 is 2.52 bits per heavy atom. The summed E-state index contributed by atoms with van der Waals surface area (Å²) in [5.74, 6) is -0.508. The van der Waals surface area contributed by atoms with E-state index in [0.717, 1.165) is 11.1 Å². The third-order valence-corrected chi connectivity index (χ3v) is 3.45. The molecule has 0 amide bonds. The first kappa shape index (κ1) is 15.1. The van der Waals surface area contributed by atoms with Crippen LogP contribution in [-0.2, 0) is 4.84 Å². The van der Waals surface area contributed by atoms with Crippen LogP contribution in [0.1, 0.15) is 27.0 Å². The summed E-state index contributed by atoms with van der Waals surface area (Å²) in [6.45, 7) is 3.89. The lowest BCUT2D eigenvalue weighted by atomic mass is 10.1. The topological polar surface area (TPSA) is 64.7 Å². The number of amidine groups is 1. The van der Waals surface area contributed by atoms with Crippen molar-refractivity contribution in [2.45, 2.75) is 13.8 Å². The third kappa shape index (κ3) is 3.61. The molecule has 0 spiro atoms. The van der Waals surface area contributed by atoms with Crippen LogP contribution in [-0.4, -0.2) is 11.8 Å². The lowest BCUT2D eigenvalue weighted by Gasteiger charge is -2.04. The number of oxime groups is 1. The van der Waals surface area contributed by atoms with Crippen molar-refractivity contribution >= 4 is 23.4 Å². The van der Waals surface area contributed by atoms with Crippen molar-refractivity contribution in [1.82, 2.24) is 0 Å². The molecule has 0 aromatic heterocycles. The molecule has 0 atom stereocenters. The van der Waals surface area contributed by atoms with Gasteiger partial charge >= 0.3 is 5.97 Å². The van der Waals surface area contributed by atoms with E-state index in [-0.39, 0.29) is 5.84 Å². The van der Waals surface area contributed by atoms with Crippen LogP contribution in [0.5, 0.6) is 0 Å². The van der Waals surface area contributed by atoms with Crippen LogP contribution in [0, 0.1) is 13.8 Å². The van der Waals surface area contributed by atoms with Crippen molar-refractivity contribution < 1.29 is 9.63 Å². The standard InChI is InChI=1S/C16H15ClN2O2/c1-10-7-8-12(9-11(10)2)16(20)21-19-15(18)13-5-3-4-6-14(13)17/h3-9H,1-2H3,(H2,18,19). The molecule has 4 nitrogen and oxygen atoms in total. The molecule has 0 aliphatic rings. The zero-order valence-corrected chi connectivity index (χ0v) is 12.5. The van der Waals surface area contributed by atoms with Crippen molar-refractivity contribution in [3.05, 3.63) is 69.7 Å². The monoisotopic (exact) mass is 302 g/mol. The highest BCUT2D eigenvalue weighted by Gasteiger charge is 2.10. The van der Waals surface area contributed by atoms with E-state index in [1.807, 2.05) is 19.9 Å². The highest BCUT2D eigenvalue weighted by molar-refractivity contribution is 6.34. The van der Waals surface area contributed by atoms with Crippen LogP contribution in [0.4, 0.5) is 0 Å². The summed E-state index contributed by atoms with van der Waals surface area (Å²) in [5.41, 5.74) is 8.82. The smallest absolute Gasteiger partial charge is 0.365 e. The van der Waals surface area contributed by atoms with Gasteiger partial charge in [0.2, 0.25) is 0 Å². The molecule has 108 valence electrons. The van der Waals surface area contributed by atoms with Crippen LogP contribution in [0.25, 0.3) is 0 Å². The highest BCUT2D eigenvalue weighted by atomic mass is 35.5. The number of rotatable bonds is 3. The highest BCUT2D eigenvalue weighted by Crippen LogP contribution is 2.15. The molecule has 0 aliphatic carbocycles. The van der Waals surface area contributed by atoms with Gasteiger partial charge in [0, 0.05) is 5.56 Å². The summed E-state index contributed by atoms with van der Waals surface area (Å²) in [5, 5.41) is 4.09. The van der Waals surface area contributed by atoms with Crippen LogP contribution in [0.2, 0.25) is 5.02 Å². The van der Waals surface area contributed by atoms with Gasteiger partial charge in [0.05, 0.1) is 10.6 Å². The fraction of sp³-hybridized carbons (Fsp3) is 0.125. The molecule has 0 aliphatic heterocycles. The molecule has 0 fully saturated rings. The number of benzene rings is 2. The first-order chi connectivity index (χ1) is 9.99. The molecule has 2 rings (SSSR count). The van der Waals surface area contributed by atoms with E-state index in [4.69, 9.17) is 22.2 Å². The molecule has 2 aromatic rings. The van der Waals surface area contributed by atoms with Gasteiger partial charge in [-0.1, -0.05) is 35.0 Å². The minimum atomic E-state index is -0.562. The molecule has 21 heavy (non-hydrogen) atoms. The van der Waals surface area contributed by atoms with Crippen molar-refractivity contribution in [3.8, 4) is 0 Å². The Hall–Kier alpha value is -2.33. The number of nitrogens with two attached hydrogens (primary N) is 1. The molecule has 5 heteroatoms. The predicted molar refractivity (Wildman–Crippen MR) is 83.5 cm³/mol. The second-order valence-corrected chi connectivity index (χ2v) is 5.04. The van der Waals surface area contributed by atoms with E-state index in [9.17, 15) is 4.79 Å². The number of aryl methyl sites for hydroxylation is 2. The van der Waals surface area contributed by atoms with E-state index < -0.39 is 5.97 Å². The molecule has 2 aromatic carbocycles. The summed E-state index contributed by atoms with van der Waals surface area (Å²) in [6.07, 6.45) is 0. The first-order valence-electron chi connectivity index (χ1n) is 6.36. The van der Waals surface area contributed by atoms with Crippen LogP contribution in [0.3, 0.4) is 0 Å². The molecule has 0 saturated heterocycles. The normalized spacial score (nSPS) is 11.3. The van der Waals surface area contributed by atoms with Gasteiger partial charge in [0.15, 0.2) is 5.84 Å². The molecule has 2 N–H and O–H groups in total.